The SMILES string of the molecule is C/C=C/NC(=O)NCc1ccccn1. The molecule has 1 rings (SSSR count). The van der Waals surface area contributed by atoms with Crippen LogP contribution in [-0.2, 0) is 6.54 Å². The largest absolute Gasteiger partial charge is 0.332 e. The number of hydrogen-bond donors (Lipinski definition) is 2. The van der Waals surface area contributed by atoms with Crippen LogP contribution >= 0.6 is 0 Å². The molecule has 0 radical (unpaired) electrons. The van der Waals surface area contributed by atoms with E-state index in [2.05, 4.69) is 15.6 Å². The second-order valence-corrected chi connectivity index (χ2v) is 2.65. The van der Waals surface area contributed by atoms with Gasteiger partial charge in [-0.15, -0.1) is 0 Å². The number of nitrogens with zero attached hydrogens (tertiary/aromatic N) is 1. The van der Waals surface area contributed by atoms with Crippen LogP contribution < -0.4 is 10.6 Å². The molecule has 0 saturated carbocycles. The maximum absolute atomic E-state index is 11.1. The zero-order chi connectivity index (χ0) is 10.2. The van der Waals surface area contributed by atoms with Gasteiger partial charge in [0, 0.05) is 12.4 Å². The zero-order valence-corrected chi connectivity index (χ0v) is 8.03. The summed E-state index contributed by atoms with van der Waals surface area (Å²) in [6.07, 6.45) is 5.02. The fourth-order valence-electron chi connectivity index (χ4n) is 0.884. The number of nitrogens with one attached hydrogen (secondary N) is 2. The highest BCUT2D eigenvalue weighted by molar-refractivity contribution is 5.74. The molecule has 0 unspecified atom stereocenters. The Balaban J connectivity index is 2.31. The molecule has 1 aromatic heterocycles. The highest BCUT2D eigenvalue weighted by Gasteiger charge is 1.96. The Morgan fingerprint density at radius 3 is 3.07 bits per heavy atom. The first kappa shape index (κ1) is 10.2. The molecule has 0 atom stereocenters. The first-order chi connectivity index (χ1) is 6.83. The highest BCUT2D eigenvalue weighted by atomic mass is 16.2. The van der Waals surface area contributed by atoms with E-state index in [0.717, 1.165) is 5.69 Å². The molecule has 4 heteroatoms. The normalized spacial score (nSPS) is 10.1. The molecule has 0 bridgehead atoms. The Morgan fingerprint density at radius 2 is 2.43 bits per heavy atom. The van der Waals surface area contributed by atoms with Crippen molar-refractivity contribution in [2.75, 3.05) is 0 Å². The minimum Gasteiger partial charge on any atom is -0.332 e. The molecule has 0 aliphatic heterocycles. The number of hydrogen-bond acceptors (Lipinski definition) is 2. The summed E-state index contributed by atoms with van der Waals surface area (Å²) in [6, 6.07) is 5.35. The number of carbonyl (C=O) groups excluding carboxylic acids is 1. The molecule has 0 aromatic carbocycles. The summed E-state index contributed by atoms with van der Waals surface area (Å²) in [5.74, 6) is 0. The molecule has 74 valence electrons. The van der Waals surface area contributed by atoms with Crippen LogP contribution in [0, 0.1) is 0 Å². The number of amides is 2. The first-order valence-electron chi connectivity index (χ1n) is 4.38. The van der Waals surface area contributed by atoms with Crippen molar-refractivity contribution in [1.29, 1.82) is 0 Å². The average Bonchev–Trinajstić information content (AvgIpc) is 2.25. The van der Waals surface area contributed by atoms with E-state index in [0.29, 0.717) is 6.54 Å². The number of aromatic nitrogens is 1. The van der Waals surface area contributed by atoms with Crippen LogP contribution in [0.15, 0.2) is 36.7 Å². The van der Waals surface area contributed by atoms with Gasteiger partial charge in [-0.1, -0.05) is 12.1 Å². The van der Waals surface area contributed by atoms with Crippen LogP contribution in [0.1, 0.15) is 12.6 Å². The van der Waals surface area contributed by atoms with Gasteiger partial charge in [0.25, 0.3) is 0 Å². The average molecular weight is 191 g/mol. The van der Waals surface area contributed by atoms with Gasteiger partial charge >= 0.3 is 6.03 Å². The van der Waals surface area contributed by atoms with E-state index < -0.39 is 0 Å². The molecular formula is C10H13N3O. The molecule has 1 heterocycles. The Labute approximate surface area is 83.0 Å². The predicted octanol–water partition coefficient (Wildman–Crippen LogP) is 1.41. The smallest absolute Gasteiger partial charge is 0.319 e. The van der Waals surface area contributed by atoms with Crippen LogP contribution in [0.4, 0.5) is 4.79 Å². The molecule has 1 aromatic rings. The Morgan fingerprint density at radius 1 is 1.57 bits per heavy atom. The van der Waals surface area contributed by atoms with E-state index in [1.807, 2.05) is 25.1 Å². The second kappa shape index (κ2) is 5.75. The third-order valence-corrected chi connectivity index (χ3v) is 1.54. The fourth-order valence-corrected chi connectivity index (χ4v) is 0.884. The van der Waals surface area contributed by atoms with E-state index in [1.165, 1.54) is 0 Å². The van der Waals surface area contributed by atoms with Crippen molar-refractivity contribution in [1.82, 2.24) is 15.6 Å². The molecule has 14 heavy (non-hydrogen) atoms. The lowest BCUT2D eigenvalue weighted by molar-refractivity contribution is 0.243. The molecule has 2 N–H and O–H groups in total. The highest BCUT2D eigenvalue weighted by Crippen LogP contribution is 1.91. The van der Waals surface area contributed by atoms with Crippen LogP contribution in [-0.4, -0.2) is 11.0 Å². The topological polar surface area (TPSA) is 54.0 Å². The minimum atomic E-state index is -0.228. The van der Waals surface area contributed by atoms with E-state index in [9.17, 15) is 4.79 Å². The number of pyridine rings is 1. The van der Waals surface area contributed by atoms with Crippen molar-refractivity contribution < 1.29 is 4.79 Å². The fraction of sp³-hybridized carbons (Fsp3) is 0.200. The van der Waals surface area contributed by atoms with Gasteiger partial charge in [-0.25, -0.2) is 4.79 Å². The zero-order valence-electron chi connectivity index (χ0n) is 8.03. The van der Waals surface area contributed by atoms with Gasteiger partial charge in [-0.3, -0.25) is 4.98 Å². The van der Waals surface area contributed by atoms with Gasteiger partial charge in [0.15, 0.2) is 0 Å². The summed E-state index contributed by atoms with van der Waals surface area (Å²) >= 11 is 0. The number of allylic oxidation sites excluding steroid dienone is 1. The van der Waals surface area contributed by atoms with Crippen molar-refractivity contribution in [3.8, 4) is 0 Å². The maximum atomic E-state index is 11.1. The molecule has 0 aliphatic carbocycles. The summed E-state index contributed by atoms with van der Waals surface area (Å²) in [5.41, 5.74) is 0.836. The molecular weight excluding hydrogens is 178 g/mol. The summed E-state index contributed by atoms with van der Waals surface area (Å²) in [5, 5.41) is 5.21. The molecule has 0 spiro atoms. The third kappa shape index (κ3) is 3.71. The molecule has 4 nitrogen and oxygen atoms in total. The van der Waals surface area contributed by atoms with E-state index in [1.54, 1.807) is 18.5 Å². The van der Waals surface area contributed by atoms with Crippen LogP contribution in [0.25, 0.3) is 0 Å². The predicted molar refractivity (Wildman–Crippen MR) is 54.4 cm³/mol. The van der Waals surface area contributed by atoms with E-state index >= 15 is 0 Å². The number of carbonyl (C=O) groups is 1. The van der Waals surface area contributed by atoms with Gasteiger partial charge in [-0.05, 0) is 19.1 Å². The maximum Gasteiger partial charge on any atom is 0.319 e. The third-order valence-electron chi connectivity index (χ3n) is 1.54. The van der Waals surface area contributed by atoms with Crippen LogP contribution in [0.3, 0.4) is 0 Å². The van der Waals surface area contributed by atoms with E-state index in [4.69, 9.17) is 0 Å². The Kier molecular flexibility index (Phi) is 4.20. The van der Waals surface area contributed by atoms with Crippen molar-refractivity contribution in [2.45, 2.75) is 13.5 Å². The van der Waals surface area contributed by atoms with Gasteiger partial charge in [0.2, 0.25) is 0 Å². The molecule has 0 aliphatic rings. The number of rotatable bonds is 3. The molecule has 0 saturated heterocycles. The lowest BCUT2D eigenvalue weighted by Gasteiger charge is -2.03. The Bertz CT molecular complexity index is 308. The van der Waals surface area contributed by atoms with Crippen molar-refractivity contribution in [3.63, 3.8) is 0 Å². The van der Waals surface area contributed by atoms with Crippen LogP contribution in [0.2, 0.25) is 0 Å². The number of urea groups is 1. The Hall–Kier alpha value is -1.84. The lowest BCUT2D eigenvalue weighted by atomic mass is 10.3. The van der Waals surface area contributed by atoms with Crippen molar-refractivity contribution in [2.24, 2.45) is 0 Å². The first-order valence-corrected chi connectivity index (χ1v) is 4.38. The van der Waals surface area contributed by atoms with E-state index in [-0.39, 0.29) is 6.03 Å². The van der Waals surface area contributed by atoms with Gasteiger partial charge < -0.3 is 10.6 Å². The standard InChI is InChI=1S/C10H13N3O/c1-2-6-12-10(14)13-8-9-5-3-4-7-11-9/h2-7H,8H2,1H3,(H2,12,13,14)/b6-2+. The summed E-state index contributed by atoms with van der Waals surface area (Å²) in [4.78, 5) is 15.1. The summed E-state index contributed by atoms with van der Waals surface area (Å²) in [7, 11) is 0. The minimum absolute atomic E-state index is 0.228. The molecule has 2 amide bonds. The van der Waals surface area contributed by atoms with Gasteiger partial charge in [0.1, 0.15) is 0 Å². The summed E-state index contributed by atoms with van der Waals surface area (Å²) < 4.78 is 0. The lowest BCUT2D eigenvalue weighted by Crippen LogP contribution is -2.31. The van der Waals surface area contributed by atoms with Gasteiger partial charge in [0.05, 0.1) is 12.2 Å². The van der Waals surface area contributed by atoms with Crippen molar-refractivity contribution >= 4 is 6.03 Å². The summed E-state index contributed by atoms with van der Waals surface area (Å²) in [6.45, 7) is 2.27. The quantitative estimate of drug-likeness (QED) is 0.759. The van der Waals surface area contributed by atoms with Crippen LogP contribution in [0.5, 0.6) is 0 Å². The van der Waals surface area contributed by atoms with Gasteiger partial charge in [-0.2, -0.15) is 0 Å². The van der Waals surface area contributed by atoms with Crippen molar-refractivity contribution in [3.05, 3.63) is 42.4 Å². The monoisotopic (exact) mass is 191 g/mol. The molecule has 0 fully saturated rings. The second-order valence-electron chi connectivity index (χ2n) is 2.65.